The number of carbonyl (C=O) groups is 1. The third-order valence-corrected chi connectivity index (χ3v) is 5.77. The first-order valence-corrected chi connectivity index (χ1v) is 9.02. The predicted octanol–water partition coefficient (Wildman–Crippen LogP) is 4.03. The summed E-state index contributed by atoms with van der Waals surface area (Å²) < 4.78 is 5.22. The molecule has 5 nitrogen and oxygen atoms in total. The van der Waals surface area contributed by atoms with Crippen molar-refractivity contribution in [3.05, 3.63) is 65.2 Å². The highest BCUT2D eigenvalue weighted by Crippen LogP contribution is 2.52. The number of phenols is 2. The molecule has 2 N–H and O–H groups in total. The number of benzene rings is 3. The first-order chi connectivity index (χ1) is 13.1. The van der Waals surface area contributed by atoms with Crippen LogP contribution in [0.3, 0.4) is 0 Å². The zero-order valence-corrected chi connectivity index (χ0v) is 14.8. The van der Waals surface area contributed by atoms with Crippen LogP contribution in [0.25, 0.3) is 10.8 Å². The summed E-state index contributed by atoms with van der Waals surface area (Å²) in [5.74, 6) is -0.249. The lowest BCUT2D eigenvalue weighted by Gasteiger charge is -2.40. The van der Waals surface area contributed by atoms with E-state index in [1.165, 1.54) is 24.1 Å². The van der Waals surface area contributed by atoms with Crippen molar-refractivity contribution in [3.8, 4) is 17.2 Å². The lowest BCUT2D eigenvalue weighted by atomic mass is 9.83. The Kier molecular flexibility index (Phi) is 3.34. The molecule has 3 aromatic rings. The quantitative estimate of drug-likeness (QED) is 0.676. The molecule has 0 aromatic heterocycles. The normalized spacial score (nSPS) is 20.8. The van der Waals surface area contributed by atoms with Gasteiger partial charge in [0.05, 0.1) is 19.2 Å². The minimum Gasteiger partial charge on any atom is -0.504 e. The molecular weight excluding hydrogens is 342 g/mol. The first-order valence-electron chi connectivity index (χ1n) is 9.02. The van der Waals surface area contributed by atoms with Crippen LogP contribution in [-0.2, 0) is 4.79 Å². The second-order valence-electron chi connectivity index (χ2n) is 7.14. The van der Waals surface area contributed by atoms with Crippen LogP contribution in [0.4, 0.5) is 0 Å². The van der Waals surface area contributed by atoms with Gasteiger partial charge < -0.3 is 19.8 Å². The van der Waals surface area contributed by atoms with Crippen LogP contribution in [-0.4, -0.2) is 28.1 Å². The van der Waals surface area contributed by atoms with E-state index in [-0.39, 0.29) is 35.2 Å². The molecule has 0 spiro atoms. The van der Waals surface area contributed by atoms with Crippen molar-refractivity contribution in [2.45, 2.75) is 24.9 Å². The Morgan fingerprint density at radius 2 is 1.81 bits per heavy atom. The summed E-state index contributed by atoms with van der Waals surface area (Å²) in [4.78, 5) is 14.7. The third kappa shape index (κ3) is 2.14. The van der Waals surface area contributed by atoms with E-state index in [0.29, 0.717) is 6.42 Å². The molecule has 2 atom stereocenters. The van der Waals surface area contributed by atoms with Crippen LogP contribution < -0.4 is 4.74 Å². The van der Waals surface area contributed by atoms with Crippen molar-refractivity contribution < 1.29 is 19.7 Å². The summed E-state index contributed by atoms with van der Waals surface area (Å²) in [5.41, 5.74) is 2.94. The minimum atomic E-state index is -0.330. The molecule has 5 rings (SSSR count). The van der Waals surface area contributed by atoms with Gasteiger partial charge in [-0.15, -0.1) is 0 Å². The van der Waals surface area contributed by atoms with E-state index in [4.69, 9.17) is 4.74 Å². The van der Waals surface area contributed by atoms with Crippen molar-refractivity contribution in [2.75, 3.05) is 7.11 Å². The highest BCUT2D eigenvalue weighted by Gasteiger charge is 2.43. The predicted molar refractivity (Wildman–Crippen MR) is 101 cm³/mol. The van der Waals surface area contributed by atoms with Crippen molar-refractivity contribution in [3.63, 3.8) is 0 Å². The summed E-state index contributed by atoms with van der Waals surface area (Å²) in [5, 5.41) is 22.5. The van der Waals surface area contributed by atoms with Crippen LogP contribution in [0.2, 0.25) is 0 Å². The molecule has 0 bridgehead atoms. The van der Waals surface area contributed by atoms with Crippen molar-refractivity contribution in [1.82, 2.24) is 4.90 Å². The second-order valence-corrected chi connectivity index (χ2v) is 7.14. The van der Waals surface area contributed by atoms with Gasteiger partial charge in [0.25, 0.3) is 0 Å². The summed E-state index contributed by atoms with van der Waals surface area (Å²) in [6.07, 6.45) is 1.29. The van der Waals surface area contributed by atoms with Gasteiger partial charge in [0.2, 0.25) is 11.7 Å². The summed E-state index contributed by atoms with van der Waals surface area (Å²) >= 11 is 0. The molecule has 1 fully saturated rings. The number of nitrogens with zero attached hydrogens (tertiary/aromatic N) is 1. The van der Waals surface area contributed by atoms with Crippen LogP contribution in [0, 0.1) is 0 Å². The van der Waals surface area contributed by atoms with Crippen LogP contribution in [0.15, 0.2) is 48.5 Å². The fraction of sp³-hybridized carbons (Fsp3) is 0.227. The van der Waals surface area contributed by atoms with E-state index in [1.54, 1.807) is 6.07 Å². The maximum Gasteiger partial charge on any atom is 0.223 e. The van der Waals surface area contributed by atoms with Gasteiger partial charge in [-0.1, -0.05) is 36.4 Å². The number of hydrogen-bond acceptors (Lipinski definition) is 4. The van der Waals surface area contributed by atoms with E-state index in [2.05, 4.69) is 18.2 Å². The standard InChI is InChI=1S/C22H19NO4/c1-27-18-11-13(10-17(24)22(18)26)21-15-7-3-5-12-4-2-6-14(20(12)15)16-8-9-19(25)23(16)21/h2-7,10-11,16,21,24,26H,8-9H2,1H3/t16-,21-/m1/s1. The zero-order valence-electron chi connectivity index (χ0n) is 14.8. The summed E-state index contributed by atoms with van der Waals surface area (Å²) in [6, 6.07) is 15.3. The molecule has 0 unspecified atom stereocenters. The minimum absolute atomic E-state index is 0.0167. The van der Waals surface area contributed by atoms with Crippen molar-refractivity contribution >= 4 is 16.7 Å². The largest absolute Gasteiger partial charge is 0.504 e. The fourth-order valence-electron chi connectivity index (χ4n) is 4.65. The fourth-order valence-corrected chi connectivity index (χ4v) is 4.65. The number of fused-ring (bicyclic) bond motifs is 2. The van der Waals surface area contributed by atoms with Crippen molar-refractivity contribution in [1.29, 1.82) is 0 Å². The van der Waals surface area contributed by atoms with Gasteiger partial charge in [0.15, 0.2) is 11.5 Å². The van der Waals surface area contributed by atoms with Crippen molar-refractivity contribution in [2.24, 2.45) is 0 Å². The number of rotatable bonds is 2. The molecule has 0 radical (unpaired) electrons. The maximum atomic E-state index is 12.8. The van der Waals surface area contributed by atoms with Gasteiger partial charge in [0, 0.05) is 6.42 Å². The second kappa shape index (κ2) is 5.64. The third-order valence-electron chi connectivity index (χ3n) is 5.77. The SMILES string of the molecule is COc1cc([C@@H]2c3cccc4cccc(c34)[C@H]3CCC(=O)N23)cc(O)c1O. The molecule has 1 saturated heterocycles. The Labute approximate surface area is 156 Å². The number of carbonyl (C=O) groups excluding carboxylic acids is 1. The molecule has 27 heavy (non-hydrogen) atoms. The molecule has 2 aliphatic rings. The molecule has 3 aromatic carbocycles. The smallest absolute Gasteiger partial charge is 0.223 e. The first kappa shape index (κ1) is 16.0. The molecule has 0 aliphatic carbocycles. The Morgan fingerprint density at radius 3 is 2.56 bits per heavy atom. The monoisotopic (exact) mass is 361 g/mol. The average molecular weight is 361 g/mol. The molecule has 2 aliphatic heterocycles. The molecule has 2 heterocycles. The molecule has 136 valence electrons. The van der Waals surface area contributed by atoms with Gasteiger partial charge >= 0.3 is 0 Å². The number of aromatic hydroxyl groups is 2. The topological polar surface area (TPSA) is 70.0 Å². The van der Waals surface area contributed by atoms with E-state index in [9.17, 15) is 15.0 Å². The van der Waals surface area contributed by atoms with Gasteiger partial charge in [0.1, 0.15) is 0 Å². The molecular formula is C22H19NO4. The average Bonchev–Trinajstić information content (AvgIpc) is 3.06. The van der Waals surface area contributed by atoms with E-state index in [1.807, 2.05) is 23.1 Å². The Hall–Kier alpha value is -3.21. The van der Waals surface area contributed by atoms with E-state index >= 15 is 0 Å². The highest BCUT2D eigenvalue weighted by molar-refractivity contribution is 5.94. The van der Waals surface area contributed by atoms with Crippen LogP contribution in [0.1, 0.15) is 41.6 Å². The van der Waals surface area contributed by atoms with E-state index < -0.39 is 0 Å². The number of hydrogen-bond donors (Lipinski definition) is 2. The van der Waals surface area contributed by atoms with Gasteiger partial charge in [-0.3, -0.25) is 4.79 Å². The summed E-state index contributed by atoms with van der Waals surface area (Å²) in [6.45, 7) is 0. The summed E-state index contributed by atoms with van der Waals surface area (Å²) in [7, 11) is 1.44. The maximum absolute atomic E-state index is 12.8. The lowest BCUT2D eigenvalue weighted by Crippen LogP contribution is -2.36. The highest BCUT2D eigenvalue weighted by atomic mass is 16.5. The number of methoxy groups -OCH3 is 1. The van der Waals surface area contributed by atoms with Gasteiger partial charge in [-0.05, 0) is 46.0 Å². The van der Waals surface area contributed by atoms with Gasteiger partial charge in [-0.25, -0.2) is 0 Å². The Balaban J connectivity index is 1.82. The van der Waals surface area contributed by atoms with Crippen LogP contribution in [0.5, 0.6) is 17.2 Å². The lowest BCUT2D eigenvalue weighted by molar-refractivity contribution is -0.130. The molecule has 1 amide bonds. The number of amides is 1. The Bertz CT molecular complexity index is 1090. The number of ether oxygens (including phenoxy) is 1. The Morgan fingerprint density at radius 1 is 1.07 bits per heavy atom. The van der Waals surface area contributed by atoms with Crippen LogP contribution >= 0.6 is 0 Å². The zero-order chi connectivity index (χ0) is 18.7. The number of phenolic OH excluding ortho intramolecular Hbond substituents is 2. The van der Waals surface area contributed by atoms with Gasteiger partial charge in [-0.2, -0.15) is 0 Å². The molecule has 0 saturated carbocycles. The van der Waals surface area contributed by atoms with E-state index in [0.717, 1.165) is 22.9 Å². The molecule has 5 heteroatoms.